The van der Waals surface area contributed by atoms with E-state index in [0.29, 0.717) is 22.9 Å². The maximum absolute atomic E-state index is 14.5. The minimum absolute atomic E-state index is 0.171. The highest BCUT2D eigenvalue weighted by molar-refractivity contribution is 9.11. The van der Waals surface area contributed by atoms with Crippen LogP contribution in [-0.4, -0.2) is 23.2 Å². The standard InChI is InChI=1S/C23H18BrF4N3O/c1-13(16-8-5-9-18(20(16)25)23(26,27)28)29-22(32)17-10-15(24)11-31-12-19(30-21(17)31)14-6-3-2-4-7-14/h2-11,13,19H,12H2,1H3,(H,29,32)/t13-,19+/m1/s1. The zero-order valence-corrected chi connectivity index (χ0v) is 18.4. The second-order valence-electron chi connectivity index (χ2n) is 7.51. The van der Waals surface area contributed by atoms with Crippen molar-refractivity contribution in [2.24, 2.45) is 4.99 Å². The van der Waals surface area contributed by atoms with Crippen molar-refractivity contribution in [2.45, 2.75) is 25.2 Å². The van der Waals surface area contributed by atoms with Gasteiger partial charge in [0.2, 0.25) is 0 Å². The van der Waals surface area contributed by atoms with Crippen LogP contribution < -0.4 is 5.32 Å². The second kappa shape index (κ2) is 8.54. The maximum Gasteiger partial charge on any atom is 0.419 e. The number of nitrogens with zero attached hydrogens (tertiary/aromatic N) is 2. The Morgan fingerprint density at radius 1 is 1.19 bits per heavy atom. The minimum atomic E-state index is -4.82. The molecule has 4 nitrogen and oxygen atoms in total. The Morgan fingerprint density at radius 3 is 2.59 bits per heavy atom. The number of halogens is 5. The molecule has 2 heterocycles. The molecule has 1 N–H and O–H groups in total. The Morgan fingerprint density at radius 2 is 1.91 bits per heavy atom. The summed E-state index contributed by atoms with van der Waals surface area (Å²) in [5, 5.41) is 2.60. The van der Waals surface area contributed by atoms with Gasteiger partial charge in [0.05, 0.1) is 29.8 Å². The van der Waals surface area contributed by atoms with Crippen molar-refractivity contribution < 1.29 is 22.4 Å². The first-order valence-electron chi connectivity index (χ1n) is 9.80. The number of amidine groups is 1. The van der Waals surface area contributed by atoms with Crippen molar-refractivity contribution in [3.63, 3.8) is 0 Å². The highest BCUT2D eigenvalue weighted by Gasteiger charge is 2.36. The van der Waals surface area contributed by atoms with E-state index >= 15 is 0 Å². The Labute approximate surface area is 190 Å². The van der Waals surface area contributed by atoms with Crippen molar-refractivity contribution in [3.05, 3.63) is 93.4 Å². The molecule has 2 atom stereocenters. The molecule has 0 aromatic heterocycles. The fourth-order valence-electron chi connectivity index (χ4n) is 3.74. The van der Waals surface area contributed by atoms with Gasteiger partial charge in [-0.2, -0.15) is 13.2 Å². The largest absolute Gasteiger partial charge is 0.419 e. The molecule has 2 aliphatic heterocycles. The number of hydrogen-bond donors (Lipinski definition) is 1. The first-order valence-corrected chi connectivity index (χ1v) is 10.6. The lowest BCUT2D eigenvalue weighted by molar-refractivity contribution is -0.140. The van der Waals surface area contributed by atoms with Gasteiger partial charge in [-0.1, -0.05) is 42.5 Å². The zero-order chi connectivity index (χ0) is 23.0. The third-order valence-electron chi connectivity index (χ3n) is 5.30. The molecule has 2 aliphatic rings. The van der Waals surface area contributed by atoms with E-state index in [-0.39, 0.29) is 17.2 Å². The molecule has 0 radical (unpaired) electrons. The first-order chi connectivity index (χ1) is 15.1. The quantitative estimate of drug-likeness (QED) is 0.543. The number of alkyl halides is 3. The van der Waals surface area contributed by atoms with Crippen LogP contribution in [0.3, 0.4) is 0 Å². The van der Waals surface area contributed by atoms with Crippen LogP contribution in [0.1, 0.15) is 35.7 Å². The highest BCUT2D eigenvalue weighted by Crippen LogP contribution is 2.35. The summed E-state index contributed by atoms with van der Waals surface area (Å²) in [6.07, 6.45) is -1.42. The monoisotopic (exact) mass is 507 g/mol. The van der Waals surface area contributed by atoms with Crippen LogP contribution in [-0.2, 0) is 11.0 Å². The summed E-state index contributed by atoms with van der Waals surface area (Å²) in [7, 11) is 0. The van der Waals surface area contributed by atoms with E-state index in [2.05, 4.69) is 26.2 Å². The van der Waals surface area contributed by atoms with Gasteiger partial charge in [0.25, 0.3) is 5.91 Å². The molecule has 0 unspecified atom stereocenters. The lowest BCUT2D eigenvalue weighted by Gasteiger charge is -2.24. The third kappa shape index (κ3) is 4.34. The SMILES string of the molecule is C[C@@H](NC(=O)C1=CC(Br)=CN2C[C@@H](c3ccccc3)N=C12)c1cccc(C(F)(F)F)c1F. The van der Waals surface area contributed by atoms with Crippen LogP contribution in [0.5, 0.6) is 0 Å². The number of aliphatic imine (C=N–C) groups is 1. The molecule has 32 heavy (non-hydrogen) atoms. The average Bonchev–Trinajstić information content (AvgIpc) is 3.16. The Balaban J connectivity index is 1.58. The molecule has 2 aromatic carbocycles. The summed E-state index contributed by atoms with van der Waals surface area (Å²) in [5.74, 6) is -1.50. The second-order valence-corrected chi connectivity index (χ2v) is 8.42. The molecule has 1 amide bonds. The van der Waals surface area contributed by atoms with Gasteiger partial charge in [0.15, 0.2) is 0 Å². The minimum Gasteiger partial charge on any atom is -0.345 e. The number of carbonyl (C=O) groups excluding carboxylic acids is 1. The van der Waals surface area contributed by atoms with Gasteiger partial charge in [-0.15, -0.1) is 0 Å². The summed E-state index contributed by atoms with van der Waals surface area (Å²) in [5.41, 5.74) is -0.364. The fraction of sp³-hybridized carbons (Fsp3) is 0.217. The van der Waals surface area contributed by atoms with Crippen molar-refractivity contribution in [1.82, 2.24) is 10.2 Å². The Kier molecular flexibility index (Phi) is 5.94. The molecule has 0 saturated carbocycles. The van der Waals surface area contributed by atoms with E-state index in [1.165, 1.54) is 13.0 Å². The van der Waals surface area contributed by atoms with E-state index in [1.807, 2.05) is 41.4 Å². The van der Waals surface area contributed by atoms with Gasteiger partial charge in [-0.05, 0) is 40.6 Å². The van der Waals surface area contributed by atoms with Crippen LogP contribution in [0.15, 0.2) is 75.9 Å². The van der Waals surface area contributed by atoms with E-state index in [1.54, 1.807) is 6.08 Å². The number of nitrogens with one attached hydrogen (secondary N) is 1. The highest BCUT2D eigenvalue weighted by atomic mass is 79.9. The van der Waals surface area contributed by atoms with Crippen molar-refractivity contribution in [1.29, 1.82) is 0 Å². The topological polar surface area (TPSA) is 44.7 Å². The molecule has 0 fully saturated rings. The van der Waals surface area contributed by atoms with Crippen LogP contribution in [0.25, 0.3) is 0 Å². The summed E-state index contributed by atoms with van der Waals surface area (Å²) < 4.78 is 54.3. The van der Waals surface area contributed by atoms with Crippen molar-refractivity contribution >= 4 is 27.7 Å². The van der Waals surface area contributed by atoms with Crippen molar-refractivity contribution in [3.8, 4) is 0 Å². The van der Waals surface area contributed by atoms with Crippen LogP contribution >= 0.6 is 15.9 Å². The van der Waals surface area contributed by atoms with Gasteiger partial charge in [-0.25, -0.2) is 4.39 Å². The number of allylic oxidation sites excluding steroid dienone is 2. The number of benzene rings is 2. The smallest absolute Gasteiger partial charge is 0.345 e. The molecule has 0 saturated heterocycles. The Bertz CT molecular complexity index is 1140. The summed E-state index contributed by atoms with van der Waals surface area (Å²) in [6.45, 7) is 1.97. The maximum atomic E-state index is 14.5. The number of carbonyl (C=O) groups is 1. The molecule has 2 aromatic rings. The van der Waals surface area contributed by atoms with Gasteiger partial charge in [0, 0.05) is 16.2 Å². The number of fused-ring (bicyclic) bond motifs is 1. The van der Waals surface area contributed by atoms with E-state index in [0.717, 1.165) is 11.6 Å². The molecule has 166 valence electrons. The van der Waals surface area contributed by atoms with Crippen LogP contribution in [0.2, 0.25) is 0 Å². The van der Waals surface area contributed by atoms with Gasteiger partial charge < -0.3 is 10.2 Å². The molecule has 0 spiro atoms. The lowest BCUT2D eigenvalue weighted by atomic mass is 10.0. The molecular weight excluding hydrogens is 490 g/mol. The third-order valence-corrected chi connectivity index (χ3v) is 5.73. The van der Waals surface area contributed by atoms with E-state index in [4.69, 9.17) is 0 Å². The summed E-state index contributed by atoms with van der Waals surface area (Å²) in [4.78, 5) is 19.6. The average molecular weight is 508 g/mol. The van der Waals surface area contributed by atoms with Crippen LogP contribution in [0, 0.1) is 5.82 Å². The predicted octanol–water partition coefficient (Wildman–Crippen LogP) is 5.65. The normalized spacial score (nSPS) is 19.0. The van der Waals surface area contributed by atoms with Gasteiger partial charge >= 0.3 is 6.18 Å². The van der Waals surface area contributed by atoms with E-state index in [9.17, 15) is 22.4 Å². The number of rotatable bonds is 4. The summed E-state index contributed by atoms with van der Waals surface area (Å²) >= 11 is 3.39. The molecular formula is C23H18BrF4N3O. The predicted molar refractivity (Wildman–Crippen MR) is 116 cm³/mol. The fourth-order valence-corrected chi connectivity index (χ4v) is 4.22. The van der Waals surface area contributed by atoms with Crippen molar-refractivity contribution in [2.75, 3.05) is 6.54 Å². The van der Waals surface area contributed by atoms with Crippen LogP contribution in [0.4, 0.5) is 17.6 Å². The van der Waals surface area contributed by atoms with Gasteiger partial charge in [-0.3, -0.25) is 9.79 Å². The zero-order valence-electron chi connectivity index (χ0n) is 16.8. The number of hydrogen-bond acceptors (Lipinski definition) is 3. The molecule has 0 bridgehead atoms. The molecule has 4 rings (SSSR count). The van der Waals surface area contributed by atoms with E-state index < -0.39 is 29.5 Å². The Hall–Kier alpha value is -2.94. The summed E-state index contributed by atoms with van der Waals surface area (Å²) in [6, 6.07) is 11.5. The lowest BCUT2D eigenvalue weighted by Crippen LogP contribution is -2.36. The molecule has 0 aliphatic carbocycles. The number of amides is 1. The molecule has 9 heteroatoms. The van der Waals surface area contributed by atoms with Gasteiger partial charge in [0.1, 0.15) is 11.7 Å². The first kappa shape index (κ1) is 22.3.